The fourth-order valence-electron chi connectivity index (χ4n) is 4.32. The van der Waals surface area contributed by atoms with Crippen molar-refractivity contribution in [1.82, 2.24) is 4.57 Å². The number of benzene rings is 1. The van der Waals surface area contributed by atoms with Crippen molar-refractivity contribution in [2.24, 2.45) is 0 Å². The lowest BCUT2D eigenvalue weighted by atomic mass is 9.96. The molecule has 1 fully saturated rings. The normalized spacial score (nSPS) is 18.3. The number of aromatic nitrogens is 1. The molecule has 2 aromatic heterocycles. The number of esters is 1. The van der Waals surface area contributed by atoms with E-state index in [-0.39, 0.29) is 34.7 Å². The molecule has 1 saturated carbocycles. The molecule has 31 heavy (non-hydrogen) atoms. The van der Waals surface area contributed by atoms with Crippen LogP contribution in [0.3, 0.4) is 0 Å². The summed E-state index contributed by atoms with van der Waals surface area (Å²) in [5.41, 5.74) is -0.242. The van der Waals surface area contributed by atoms with E-state index in [1.165, 1.54) is 17.5 Å². The van der Waals surface area contributed by atoms with Crippen molar-refractivity contribution in [3.8, 4) is 10.4 Å². The summed E-state index contributed by atoms with van der Waals surface area (Å²) in [6.07, 6.45) is 4.51. The number of aryl methyl sites for hydroxylation is 1. The number of hydrogen-bond donors (Lipinski definition) is 1. The van der Waals surface area contributed by atoms with Crippen LogP contribution in [0.1, 0.15) is 65.6 Å². The minimum absolute atomic E-state index is 0.00358. The van der Waals surface area contributed by atoms with Gasteiger partial charge in [0.2, 0.25) is 5.43 Å². The maximum atomic E-state index is 15.8. The third kappa shape index (κ3) is 3.29. The lowest BCUT2D eigenvalue weighted by Gasteiger charge is -2.16. The highest BCUT2D eigenvalue weighted by atomic mass is 32.1. The number of ether oxygens (including phenoxy) is 1. The summed E-state index contributed by atoms with van der Waals surface area (Å²) >= 11 is 1.19. The molecule has 162 valence electrons. The van der Waals surface area contributed by atoms with Crippen molar-refractivity contribution >= 4 is 28.2 Å². The van der Waals surface area contributed by atoms with Crippen LogP contribution in [-0.4, -0.2) is 22.2 Å². The third-order valence-electron chi connectivity index (χ3n) is 5.96. The van der Waals surface area contributed by atoms with Gasteiger partial charge in [-0.15, -0.1) is 11.3 Å². The highest BCUT2D eigenvalue weighted by Gasteiger charge is 2.31. The number of fused-ring (bicyclic) bond motifs is 2. The Morgan fingerprint density at radius 2 is 2.06 bits per heavy atom. The van der Waals surface area contributed by atoms with E-state index in [4.69, 9.17) is 4.74 Å². The van der Waals surface area contributed by atoms with E-state index < -0.39 is 29.1 Å². The van der Waals surface area contributed by atoms with Gasteiger partial charge in [-0.25, -0.2) is 13.6 Å². The number of rotatable bonds is 4. The molecule has 1 atom stereocenters. The van der Waals surface area contributed by atoms with Gasteiger partial charge in [-0.1, -0.05) is 0 Å². The first kappa shape index (κ1) is 20.3. The van der Waals surface area contributed by atoms with E-state index in [0.29, 0.717) is 11.3 Å². The van der Waals surface area contributed by atoms with Gasteiger partial charge >= 0.3 is 5.97 Å². The number of halogens is 2. The molecule has 0 aliphatic heterocycles. The van der Waals surface area contributed by atoms with Gasteiger partial charge in [-0.2, -0.15) is 0 Å². The molecule has 2 aliphatic carbocycles. The van der Waals surface area contributed by atoms with Crippen molar-refractivity contribution < 1.29 is 23.4 Å². The highest BCUT2D eigenvalue weighted by molar-refractivity contribution is 7.15. The Hall–Kier alpha value is -2.58. The minimum atomic E-state index is -0.862. The highest BCUT2D eigenvalue weighted by Crippen LogP contribution is 2.44. The molecule has 0 spiro atoms. The molecule has 5 nitrogen and oxygen atoms in total. The third-order valence-corrected chi connectivity index (χ3v) is 7.25. The zero-order valence-corrected chi connectivity index (χ0v) is 17.7. The van der Waals surface area contributed by atoms with Crippen LogP contribution in [0.2, 0.25) is 0 Å². The number of aliphatic hydroxyl groups is 1. The van der Waals surface area contributed by atoms with E-state index in [2.05, 4.69) is 0 Å². The molecule has 0 amide bonds. The lowest BCUT2D eigenvalue weighted by molar-refractivity contribution is 0.0524. The summed E-state index contributed by atoms with van der Waals surface area (Å²) in [6.45, 7) is 1.72. The molecule has 3 aromatic rings. The number of thiophene rings is 1. The summed E-state index contributed by atoms with van der Waals surface area (Å²) in [5.74, 6) is -2.48. The Balaban J connectivity index is 1.76. The van der Waals surface area contributed by atoms with Crippen molar-refractivity contribution in [2.75, 3.05) is 6.61 Å². The average Bonchev–Trinajstić information content (AvgIpc) is 3.48. The van der Waals surface area contributed by atoms with Crippen LogP contribution in [0.15, 0.2) is 23.1 Å². The Morgan fingerprint density at radius 1 is 1.29 bits per heavy atom. The summed E-state index contributed by atoms with van der Waals surface area (Å²) in [7, 11) is 0. The van der Waals surface area contributed by atoms with Gasteiger partial charge in [0.1, 0.15) is 11.4 Å². The molecule has 8 heteroatoms. The van der Waals surface area contributed by atoms with E-state index in [1.54, 1.807) is 17.6 Å². The molecule has 1 unspecified atom stereocenters. The van der Waals surface area contributed by atoms with Gasteiger partial charge in [0, 0.05) is 22.0 Å². The van der Waals surface area contributed by atoms with Crippen molar-refractivity contribution in [3.63, 3.8) is 0 Å². The summed E-state index contributed by atoms with van der Waals surface area (Å²) < 4.78 is 37.5. The second kappa shape index (κ2) is 7.53. The topological polar surface area (TPSA) is 68.5 Å². The first-order chi connectivity index (χ1) is 14.9. The minimum Gasteiger partial charge on any atom is -0.462 e. The molecule has 5 rings (SSSR count). The Morgan fingerprint density at radius 3 is 2.74 bits per heavy atom. The maximum Gasteiger partial charge on any atom is 0.343 e. The van der Waals surface area contributed by atoms with Crippen LogP contribution < -0.4 is 5.43 Å². The predicted octanol–water partition coefficient (Wildman–Crippen LogP) is 4.89. The SMILES string of the molecule is CCOC(=O)c1cn(C2CC2)c2c(F)c(-c3cc4c(s3)C(O)CCC4)c(F)cc2c1=O. The smallest absolute Gasteiger partial charge is 0.343 e. The quantitative estimate of drug-likeness (QED) is 0.581. The largest absolute Gasteiger partial charge is 0.462 e. The zero-order chi connectivity index (χ0) is 21.9. The number of nitrogens with zero attached hydrogens (tertiary/aromatic N) is 1. The second-order valence-corrected chi connectivity index (χ2v) is 9.17. The molecular formula is C23H21F2NO4S. The molecular weight excluding hydrogens is 424 g/mol. The average molecular weight is 445 g/mol. The fourth-order valence-corrected chi connectivity index (χ4v) is 5.60. The second-order valence-electron chi connectivity index (χ2n) is 8.08. The molecule has 1 N–H and O–H groups in total. The van der Waals surface area contributed by atoms with E-state index in [9.17, 15) is 14.7 Å². The first-order valence-electron chi connectivity index (χ1n) is 10.5. The van der Waals surface area contributed by atoms with Crippen LogP contribution in [0.25, 0.3) is 21.3 Å². The van der Waals surface area contributed by atoms with E-state index >= 15 is 8.78 Å². The maximum absolute atomic E-state index is 15.8. The number of carbonyl (C=O) groups is 1. The molecule has 2 aliphatic rings. The van der Waals surface area contributed by atoms with Crippen LogP contribution in [-0.2, 0) is 11.2 Å². The van der Waals surface area contributed by atoms with Gasteiger partial charge in [-0.3, -0.25) is 4.79 Å². The van der Waals surface area contributed by atoms with Gasteiger partial charge in [-0.05, 0) is 56.7 Å². The van der Waals surface area contributed by atoms with Gasteiger partial charge in [0.05, 0.1) is 29.2 Å². The van der Waals surface area contributed by atoms with Crippen molar-refractivity contribution in [1.29, 1.82) is 0 Å². The van der Waals surface area contributed by atoms with Crippen LogP contribution in [0.4, 0.5) is 8.78 Å². The first-order valence-corrected chi connectivity index (χ1v) is 11.3. The van der Waals surface area contributed by atoms with Crippen LogP contribution >= 0.6 is 11.3 Å². The van der Waals surface area contributed by atoms with Gasteiger partial charge in [0.15, 0.2) is 5.82 Å². The van der Waals surface area contributed by atoms with Crippen LogP contribution in [0.5, 0.6) is 0 Å². The molecule has 1 aromatic carbocycles. The van der Waals surface area contributed by atoms with Crippen LogP contribution in [0, 0.1) is 11.6 Å². The summed E-state index contributed by atoms with van der Waals surface area (Å²) in [5, 5.41) is 10.1. The Kier molecular flexibility index (Phi) is 4.94. The monoisotopic (exact) mass is 445 g/mol. The predicted molar refractivity (Wildman–Crippen MR) is 114 cm³/mol. The number of hydrogen-bond acceptors (Lipinski definition) is 5. The standard InChI is InChI=1S/C23H21F2NO4S/c1-2-30-23(29)14-10-26(12-6-7-12)20-13(21(14)28)9-15(24)18(19(20)25)17-8-11-4-3-5-16(27)22(11)31-17/h8-10,12,16,27H,2-7H2,1H3. The van der Waals surface area contributed by atoms with Gasteiger partial charge < -0.3 is 14.4 Å². The molecule has 0 saturated heterocycles. The Bertz CT molecular complexity index is 1280. The summed E-state index contributed by atoms with van der Waals surface area (Å²) in [4.78, 5) is 26.3. The fraction of sp³-hybridized carbons (Fsp3) is 0.391. The van der Waals surface area contributed by atoms with Gasteiger partial charge in [0.25, 0.3) is 0 Å². The Labute approximate surface area is 180 Å². The summed E-state index contributed by atoms with van der Waals surface area (Å²) in [6, 6.07) is 2.71. The van der Waals surface area contributed by atoms with E-state index in [1.807, 2.05) is 0 Å². The lowest BCUT2D eigenvalue weighted by Crippen LogP contribution is -2.21. The molecule has 0 bridgehead atoms. The molecule has 2 heterocycles. The number of carbonyl (C=O) groups excluding carboxylic acids is 1. The van der Waals surface area contributed by atoms with Crippen molar-refractivity contribution in [2.45, 2.75) is 51.2 Å². The molecule has 0 radical (unpaired) electrons. The van der Waals surface area contributed by atoms with Crippen molar-refractivity contribution in [3.05, 3.63) is 56.2 Å². The number of aliphatic hydroxyl groups excluding tert-OH is 1. The zero-order valence-electron chi connectivity index (χ0n) is 16.9. The number of pyridine rings is 1. The van der Waals surface area contributed by atoms with E-state index in [0.717, 1.165) is 42.2 Å².